The second-order valence-corrected chi connectivity index (χ2v) is 6.69. The van der Waals surface area contributed by atoms with E-state index in [0.717, 1.165) is 12.4 Å². The van der Waals surface area contributed by atoms with Crippen molar-refractivity contribution in [2.45, 2.75) is 12.6 Å². The Hall–Kier alpha value is -3.82. The molecule has 0 unspecified atom stereocenters. The van der Waals surface area contributed by atoms with Crippen molar-refractivity contribution in [3.05, 3.63) is 71.8 Å². The number of nitrogens with one attached hydrogen (secondary N) is 1. The monoisotopic (exact) mass is 413 g/mol. The molecule has 30 heavy (non-hydrogen) atoms. The number of aromatic nitrogens is 3. The molecule has 0 radical (unpaired) electrons. The molecule has 4 rings (SSSR count). The van der Waals surface area contributed by atoms with Crippen molar-refractivity contribution >= 4 is 17.5 Å². The number of fused-ring (bicyclic) bond motifs is 1. The van der Waals surface area contributed by atoms with Crippen LogP contribution < -0.4 is 15.0 Å². The van der Waals surface area contributed by atoms with Crippen molar-refractivity contribution in [1.29, 1.82) is 0 Å². The van der Waals surface area contributed by atoms with Crippen LogP contribution >= 0.6 is 0 Å². The zero-order valence-corrected chi connectivity index (χ0v) is 15.9. The summed E-state index contributed by atoms with van der Waals surface area (Å²) in [6, 6.07) is 8.62. The van der Waals surface area contributed by atoms with Crippen LogP contribution in [0.25, 0.3) is 0 Å². The van der Waals surface area contributed by atoms with E-state index in [4.69, 9.17) is 4.74 Å². The summed E-state index contributed by atoms with van der Waals surface area (Å²) in [7, 11) is 1.57. The number of likely N-dealkylation sites (N-methyl/N-ethyl adjacent to an activating group) is 1. The zero-order chi connectivity index (χ0) is 21.3. The van der Waals surface area contributed by atoms with E-state index < -0.39 is 35.2 Å². The molecule has 1 atom stereocenters. The first-order valence-corrected chi connectivity index (χ1v) is 9.06. The molecule has 1 aliphatic rings. The van der Waals surface area contributed by atoms with Gasteiger partial charge in [-0.2, -0.15) is 5.10 Å². The Morgan fingerprint density at radius 2 is 2.07 bits per heavy atom. The zero-order valence-electron chi connectivity index (χ0n) is 15.9. The van der Waals surface area contributed by atoms with Crippen molar-refractivity contribution in [2.24, 2.45) is 0 Å². The summed E-state index contributed by atoms with van der Waals surface area (Å²) in [5.41, 5.74) is 0.549. The lowest BCUT2D eigenvalue weighted by atomic mass is 10.2. The highest BCUT2D eigenvalue weighted by atomic mass is 19.1. The second-order valence-electron chi connectivity index (χ2n) is 6.69. The molecular weight excluding hydrogens is 396 g/mol. The number of hydrogen-bond donors (Lipinski definition) is 1. The van der Waals surface area contributed by atoms with E-state index in [2.05, 4.69) is 15.4 Å². The Morgan fingerprint density at radius 1 is 1.27 bits per heavy atom. The van der Waals surface area contributed by atoms with Gasteiger partial charge < -0.3 is 15.0 Å². The molecular formula is C20H17F2N5O3. The van der Waals surface area contributed by atoms with Crippen LogP contribution in [0.4, 0.5) is 14.5 Å². The lowest BCUT2D eigenvalue weighted by Gasteiger charge is -2.20. The minimum absolute atomic E-state index is 0.0496. The van der Waals surface area contributed by atoms with E-state index in [-0.39, 0.29) is 13.2 Å². The summed E-state index contributed by atoms with van der Waals surface area (Å²) in [5, 5.41) is 6.41. The van der Waals surface area contributed by atoms with Gasteiger partial charge in [-0.15, -0.1) is 0 Å². The van der Waals surface area contributed by atoms with Crippen molar-refractivity contribution in [3.8, 4) is 5.75 Å². The van der Waals surface area contributed by atoms with Crippen LogP contribution in [0.1, 0.15) is 16.2 Å². The minimum atomic E-state index is -1.02. The number of hydrogen-bond acceptors (Lipinski definition) is 5. The van der Waals surface area contributed by atoms with Gasteiger partial charge in [0.05, 0.1) is 30.3 Å². The number of rotatable bonds is 4. The van der Waals surface area contributed by atoms with E-state index in [1.165, 1.54) is 21.7 Å². The maximum Gasteiger partial charge on any atom is 0.275 e. The van der Waals surface area contributed by atoms with Crippen LogP contribution in [0.2, 0.25) is 0 Å². The van der Waals surface area contributed by atoms with E-state index in [1.807, 2.05) is 0 Å². The first-order valence-electron chi connectivity index (χ1n) is 9.06. The van der Waals surface area contributed by atoms with Crippen molar-refractivity contribution in [3.63, 3.8) is 0 Å². The van der Waals surface area contributed by atoms with Crippen LogP contribution in [0.3, 0.4) is 0 Å². The van der Waals surface area contributed by atoms with Gasteiger partial charge >= 0.3 is 0 Å². The fourth-order valence-electron chi connectivity index (χ4n) is 3.08. The van der Waals surface area contributed by atoms with Gasteiger partial charge in [0.2, 0.25) is 0 Å². The number of nitrogens with zero attached hydrogens (tertiary/aromatic N) is 4. The van der Waals surface area contributed by atoms with E-state index >= 15 is 0 Å². The molecule has 2 aromatic heterocycles. The molecule has 1 aliphatic heterocycles. The normalized spacial score (nSPS) is 15.9. The number of carbonyl (C=O) groups is 2. The smallest absolute Gasteiger partial charge is 0.275 e. The van der Waals surface area contributed by atoms with E-state index in [0.29, 0.717) is 17.1 Å². The number of carbonyl (C=O) groups excluding carboxylic acids is 2. The molecule has 3 heterocycles. The number of benzene rings is 1. The molecule has 1 N–H and O–H groups in total. The SMILES string of the molecule is CN1C(=O)[C@@H](NC(=O)c2nn(Cc3ccc(F)cn3)cc2F)COc2ccccc21. The van der Waals surface area contributed by atoms with Gasteiger partial charge in [0, 0.05) is 7.05 Å². The summed E-state index contributed by atoms with van der Waals surface area (Å²) in [6.07, 6.45) is 2.07. The van der Waals surface area contributed by atoms with Gasteiger partial charge in [-0.25, -0.2) is 8.78 Å². The molecule has 2 amide bonds. The van der Waals surface area contributed by atoms with Gasteiger partial charge in [0.15, 0.2) is 11.5 Å². The summed E-state index contributed by atoms with van der Waals surface area (Å²) in [6.45, 7) is -0.0538. The quantitative estimate of drug-likeness (QED) is 0.704. The number of para-hydroxylation sites is 2. The fraction of sp³-hybridized carbons (Fsp3) is 0.200. The minimum Gasteiger partial charge on any atom is -0.489 e. The number of ether oxygens (including phenoxy) is 1. The Kier molecular flexibility index (Phi) is 5.13. The Morgan fingerprint density at radius 3 is 2.83 bits per heavy atom. The number of pyridine rings is 1. The Bertz CT molecular complexity index is 1100. The van der Waals surface area contributed by atoms with Crippen LogP contribution in [0.5, 0.6) is 5.75 Å². The van der Waals surface area contributed by atoms with Crippen LogP contribution in [-0.4, -0.2) is 46.3 Å². The molecule has 1 aromatic carbocycles. The molecule has 0 aliphatic carbocycles. The molecule has 154 valence electrons. The number of halogens is 2. The van der Waals surface area contributed by atoms with E-state index in [9.17, 15) is 18.4 Å². The Balaban J connectivity index is 1.48. The first kappa shape index (κ1) is 19.5. The first-order chi connectivity index (χ1) is 14.4. The number of amides is 2. The molecule has 0 bridgehead atoms. The topological polar surface area (TPSA) is 89.4 Å². The van der Waals surface area contributed by atoms with Gasteiger partial charge in [0.1, 0.15) is 24.2 Å². The summed E-state index contributed by atoms with van der Waals surface area (Å²) < 4.78 is 34.1. The molecule has 0 saturated heterocycles. The van der Waals surface area contributed by atoms with Crippen LogP contribution in [-0.2, 0) is 11.3 Å². The van der Waals surface area contributed by atoms with Gasteiger partial charge in [-0.3, -0.25) is 19.3 Å². The van der Waals surface area contributed by atoms with Gasteiger partial charge in [0.25, 0.3) is 11.8 Å². The molecule has 10 heteroatoms. The predicted molar refractivity (Wildman–Crippen MR) is 102 cm³/mol. The van der Waals surface area contributed by atoms with Crippen LogP contribution in [0, 0.1) is 11.6 Å². The third kappa shape index (κ3) is 3.84. The van der Waals surface area contributed by atoms with E-state index in [1.54, 1.807) is 31.3 Å². The summed E-state index contributed by atoms with van der Waals surface area (Å²) in [4.78, 5) is 30.5. The highest BCUT2D eigenvalue weighted by molar-refractivity contribution is 6.02. The second kappa shape index (κ2) is 7.90. The molecule has 8 nitrogen and oxygen atoms in total. The van der Waals surface area contributed by atoms with Crippen molar-refractivity contribution < 1.29 is 23.1 Å². The van der Waals surface area contributed by atoms with Gasteiger partial charge in [-0.1, -0.05) is 12.1 Å². The van der Waals surface area contributed by atoms with Crippen molar-refractivity contribution in [1.82, 2.24) is 20.1 Å². The van der Waals surface area contributed by atoms with Crippen molar-refractivity contribution in [2.75, 3.05) is 18.6 Å². The largest absolute Gasteiger partial charge is 0.489 e. The highest BCUT2D eigenvalue weighted by Crippen LogP contribution is 2.29. The Labute approximate surface area is 170 Å². The summed E-state index contributed by atoms with van der Waals surface area (Å²) >= 11 is 0. The van der Waals surface area contributed by atoms with Crippen LogP contribution in [0.15, 0.2) is 48.8 Å². The third-order valence-corrected chi connectivity index (χ3v) is 4.61. The molecule has 3 aromatic rings. The highest BCUT2D eigenvalue weighted by Gasteiger charge is 2.31. The maximum atomic E-state index is 14.3. The van der Waals surface area contributed by atoms with Gasteiger partial charge in [-0.05, 0) is 24.3 Å². The number of anilines is 1. The average molecular weight is 413 g/mol. The summed E-state index contributed by atoms with van der Waals surface area (Å²) in [5.74, 6) is -2.09. The standard InChI is InChI=1S/C20H17F2N5O3/c1-26-16-4-2-3-5-17(16)30-11-15(20(26)29)24-19(28)18-14(22)10-27(25-18)9-13-7-6-12(21)8-23-13/h2-8,10,15H,9,11H2,1H3,(H,24,28)/t15-/m0/s1. The lowest BCUT2D eigenvalue weighted by Crippen LogP contribution is -2.49. The molecule has 0 fully saturated rings. The average Bonchev–Trinajstić information content (AvgIpc) is 3.06. The molecule has 0 saturated carbocycles. The predicted octanol–water partition coefficient (Wildman–Crippen LogP) is 1.76. The molecule has 0 spiro atoms. The maximum absolute atomic E-state index is 14.3. The fourth-order valence-corrected chi connectivity index (χ4v) is 3.08. The lowest BCUT2D eigenvalue weighted by molar-refractivity contribution is -0.120. The third-order valence-electron chi connectivity index (χ3n) is 4.61.